The van der Waals surface area contributed by atoms with Gasteiger partial charge in [0.2, 0.25) is 21.8 Å². The van der Waals surface area contributed by atoms with Crippen molar-refractivity contribution < 1.29 is 22.4 Å². The van der Waals surface area contributed by atoms with E-state index in [1.54, 1.807) is 23.1 Å². The fourth-order valence-corrected chi connectivity index (χ4v) is 6.73. The highest BCUT2D eigenvalue weighted by Crippen LogP contribution is 2.23. The van der Waals surface area contributed by atoms with Crippen LogP contribution in [0.15, 0.2) is 72.8 Å². The van der Waals surface area contributed by atoms with Crippen LogP contribution in [0.2, 0.25) is 0 Å². The fourth-order valence-electron chi connectivity index (χ4n) is 5.77. The van der Waals surface area contributed by atoms with Crippen molar-refractivity contribution in [2.75, 3.05) is 17.1 Å². The van der Waals surface area contributed by atoms with Crippen LogP contribution in [0, 0.1) is 19.7 Å². The van der Waals surface area contributed by atoms with Crippen molar-refractivity contribution in [1.29, 1.82) is 0 Å². The number of aryl methyl sites for hydroxylation is 2. The summed E-state index contributed by atoms with van der Waals surface area (Å²) in [6.45, 7) is 4.15. The number of amides is 2. The number of nitrogens with one attached hydrogen (secondary N) is 1. The van der Waals surface area contributed by atoms with E-state index in [-0.39, 0.29) is 49.6 Å². The molecule has 0 unspecified atom stereocenters. The minimum absolute atomic E-state index is 0.0417. The molecule has 1 aliphatic rings. The number of carbonyl (C=O) groups is 2. The lowest BCUT2D eigenvalue weighted by Crippen LogP contribution is -2.52. The molecule has 1 fully saturated rings. The van der Waals surface area contributed by atoms with Gasteiger partial charge in [-0.05, 0) is 79.6 Å². The largest absolute Gasteiger partial charge is 0.352 e. The topological polar surface area (TPSA) is 86.8 Å². The van der Waals surface area contributed by atoms with Gasteiger partial charge in [-0.15, -0.1) is 0 Å². The van der Waals surface area contributed by atoms with Gasteiger partial charge in [0.1, 0.15) is 11.9 Å². The minimum atomic E-state index is -3.60. The molecule has 1 saturated carbocycles. The lowest BCUT2D eigenvalue weighted by Gasteiger charge is -2.34. The Kier molecular flexibility index (Phi) is 11.6. The normalized spacial score (nSPS) is 14.5. The Hall–Kier alpha value is -3.72. The predicted octanol–water partition coefficient (Wildman–Crippen LogP) is 6.08. The first-order chi connectivity index (χ1) is 21.0. The van der Waals surface area contributed by atoms with Crippen LogP contribution in [-0.2, 0) is 32.6 Å². The number of halogens is 1. The van der Waals surface area contributed by atoms with Crippen molar-refractivity contribution in [3.63, 3.8) is 0 Å². The molecule has 9 heteroatoms. The van der Waals surface area contributed by atoms with Crippen LogP contribution in [0.1, 0.15) is 67.2 Å². The van der Waals surface area contributed by atoms with Gasteiger partial charge in [-0.25, -0.2) is 12.8 Å². The number of carbonyl (C=O) groups excluding carboxylic acids is 2. The summed E-state index contributed by atoms with van der Waals surface area (Å²) in [5.41, 5.74) is 4.22. The molecule has 0 heterocycles. The highest BCUT2D eigenvalue weighted by atomic mass is 32.2. The van der Waals surface area contributed by atoms with Crippen molar-refractivity contribution in [2.24, 2.45) is 0 Å². The van der Waals surface area contributed by atoms with Gasteiger partial charge in [0.15, 0.2) is 0 Å². The summed E-state index contributed by atoms with van der Waals surface area (Å²) >= 11 is 0. The molecule has 3 aromatic rings. The van der Waals surface area contributed by atoms with E-state index in [2.05, 4.69) is 5.32 Å². The molecule has 236 valence electrons. The molecule has 1 atom stereocenters. The first-order valence-corrected chi connectivity index (χ1v) is 17.3. The molecule has 0 spiro atoms. The number of benzene rings is 3. The number of sulfonamides is 1. The molecular formula is C35H44FN3O4S. The highest BCUT2D eigenvalue weighted by Gasteiger charge is 2.32. The maximum Gasteiger partial charge on any atom is 0.243 e. The number of hydrogen-bond acceptors (Lipinski definition) is 4. The van der Waals surface area contributed by atoms with E-state index in [1.807, 2.05) is 56.3 Å². The third-order valence-electron chi connectivity index (χ3n) is 8.42. The van der Waals surface area contributed by atoms with E-state index in [9.17, 15) is 22.4 Å². The Morgan fingerprint density at radius 1 is 0.909 bits per heavy atom. The fraction of sp³-hybridized carbons (Fsp3) is 0.429. The number of nitrogens with zero attached hydrogens (tertiary/aromatic N) is 2. The third-order valence-corrected chi connectivity index (χ3v) is 9.61. The quantitative estimate of drug-likeness (QED) is 0.251. The highest BCUT2D eigenvalue weighted by molar-refractivity contribution is 7.92. The average Bonchev–Trinajstić information content (AvgIpc) is 3.00. The second kappa shape index (κ2) is 15.3. The van der Waals surface area contributed by atoms with Crippen LogP contribution < -0.4 is 9.62 Å². The third kappa shape index (κ3) is 9.39. The molecule has 0 aliphatic heterocycles. The van der Waals surface area contributed by atoms with Crippen LogP contribution in [0.25, 0.3) is 0 Å². The molecule has 4 rings (SSSR count). The first kappa shape index (κ1) is 33.2. The smallest absolute Gasteiger partial charge is 0.243 e. The lowest BCUT2D eigenvalue weighted by molar-refractivity contribution is -0.141. The predicted molar refractivity (Wildman–Crippen MR) is 173 cm³/mol. The van der Waals surface area contributed by atoms with Crippen molar-refractivity contribution in [1.82, 2.24) is 10.2 Å². The van der Waals surface area contributed by atoms with Crippen LogP contribution in [0.4, 0.5) is 10.1 Å². The van der Waals surface area contributed by atoms with E-state index in [4.69, 9.17) is 0 Å². The molecule has 1 N–H and O–H groups in total. The van der Waals surface area contributed by atoms with Crippen molar-refractivity contribution in [2.45, 2.75) is 83.8 Å². The number of rotatable bonds is 13. The first-order valence-electron chi connectivity index (χ1n) is 15.4. The zero-order valence-electron chi connectivity index (χ0n) is 26.0. The van der Waals surface area contributed by atoms with Gasteiger partial charge in [0.25, 0.3) is 0 Å². The molecule has 0 bridgehead atoms. The molecule has 44 heavy (non-hydrogen) atoms. The Labute approximate surface area is 261 Å². The minimum Gasteiger partial charge on any atom is -0.352 e. The monoisotopic (exact) mass is 621 g/mol. The van der Waals surface area contributed by atoms with Gasteiger partial charge in [-0.3, -0.25) is 13.9 Å². The average molecular weight is 622 g/mol. The summed E-state index contributed by atoms with van der Waals surface area (Å²) in [5, 5.41) is 3.21. The van der Waals surface area contributed by atoms with Crippen LogP contribution >= 0.6 is 0 Å². The standard InChI is InChI=1S/C35H44FN3O4S/c1-26-16-21-32(23-27(26)2)39(44(3,42)43)22-10-15-34(40)38(25-29-17-19-30(36)20-18-29)33(24-28-11-6-4-7-12-28)35(41)37-31-13-8-5-9-14-31/h4,6-7,11-12,16-21,23,31,33H,5,8-10,13-15,22,24-25H2,1-3H3,(H,37,41)/t33-/m0/s1. The van der Waals surface area contributed by atoms with Crippen LogP contribution in [0.5, 0.6) is 0 Å². The van der Waals surface area contributed by atoms with E-state index in [0.717, 1.165) is 55.1 Å². The summed E-state index contributed by atoms with van der Waals surface area (Å²) in [4.78, 5) is 29.5. The molecule has 3 aromatic carbocycles. The molecule has 1 aliphatic carbocycles. The van der Waals surface area contributed by atoms with Gasteiger partial charge in [-0.2, -0.15) is 0 Å². The Morgan fingerprint density at radius 2 is 1.59 bits per heavy atom. The van der Waals surface area contributed by atoms with Gasteiger partial charge in [0, 0.05) is 32.0 Å². The number of hydrogen-bond donors (Lipinski definition) is 1. The second-order valence-electron chi connectivity index (χ2n) is 11.9. The Balaban J connectivity index is 1.59. The lowest BCUT2D eigenvalue weighted by atomic mass is 9.94. The van der Waals surface area contributed by atoms with E-state index in [0.29, 0.717) is 17.7 Å². The summed E-state index contributed by atoms with van der Waals surface area (Å²) < 4.78 is 40.6. The SMILES string of the molecule is Cc1ccc(N(CCCC(=O)N(Cc2ccc(F)cc2)[C@@H](Cc2ccccc2)C(=O)NC2CCCCC2)S(C)(=O)=O)cc1C. The summed E-state index contributed by atoms with van der Waals surface area (Å²) in [6, 6.07) is 20.3. The molecule has 7 nitrogen and oxygen atoms in total. The molecule has 0 aromatic heterocycles. The van der Waals surface area contributed by atoms with E-state index < -0.39 is 16.1 Å². The van der Waals surface area contributed by atoms with Crippen LogP contribution in [0.3, 0.4) is 0 Å². The Morgan fingerprint density at radius 3 is 2.23 bits per heavy atom. The zero-order chi connectivity index (χ0) is 31.7. The number of anilines is 1. The Bertz CT molecular complexity index is 1510. The zero-order valence-corrected chi connectivity index (χ0v) is 26.8. The van der Waals surface area contributed by atoms with Gasteiger partial charge in [-0.1, -0.05) is 67.8 Å². The molecule has 0 saturated heterocycles. The van der Waals surface area contributed by atoms with E-state index in [1.165, 1.54) is 16.4 Å². The molecular weight excluding hydrogens is 577 g/mol. The summed E-state index contributed by atoms with van der Waals surface area (Å²) in [5.74, 6) is -0.846. The molecule has 2 amide bonds. The van der Waals surface area contributed by atoms with Crippen molar-refractivity contribution in [3.8, 4) is 0 Å². The molecule has 0 radical (unpaired) electrons. The van der Waals surface area contributed by atoms with E-state index >= 15 is 0 Å². The van der Waals surface area contributed by atoms with Crippen LogP contribution in [-0.4, -0.2) is 50.0 Å². The second-order valence-corrected chi connectivity index (χ2v) is 13.8. The van der Waals surface area contributed by atoms with Crippen molar-refractivity contribution >= 4 is 27.5 Å². The van der Waals surface area contributed by atoms with Gasteiger partial charge >= 0.3 is 0 Å². The maximum absolute atomic E-state index is 14.0. The van der Waals surface area contributed by atoms with Gasteiger partial charge in [0.05, 0.1) is 11.9 Å². The maximum atomic E-state index is 14.0. The van der Waals surface area contributed by atoms with Crippen molar-refractivity contribution in [3.05, 3.63) is 101 Å². The summed E-state index contributed by atoms with van der Waals surface area (Å²) in [6.07, 6.45) is 6.89. The summed E-state index contributed by atoms with van der Waals surface area (Å²) in [7, 11) is -3.60. The van der Waals surface area contributed by atoms with Gasteiger partial charge < -0.3 is 10.2 Å².